The molecule has 0 aliphatic rings. The number of nitrogens with one attached hydrogen (secondary N) is 1. The smallest absolute Gasteiger partial charge is 0.189 e. The highest BCUT2D eigenvalue weighted by Gasteiger charge is 2.18. The highest BCUT2D eigenvalue weighted by molar-refractivity contribution is 7.86. The van der Waals surface area contributed by atoms with Crippen molar-refractivity contribution in [3.05, 3.63) is 33.8 Å². The average molecular weight is 364 g/mol. The molecule has 2 unspecified atom stereocenters. The summed E-state index contributed by atoms with van der Waals surface area (Å²) in [7, 11) is -0.935. The molecule has 4 nitrogen and oxygen atoms in total. The number of guanidine groups is 1. The zero-order valence-corrected chi connectivity index (χ0v) is 15.6. The summed E-state index contributed by atoms with van der Waals surface area (Å²) < 4.78 is 11.7. The van der Waals surface area contributed by atoms with Crippen LogP contribution in [0.4, 0.5) is 0 Å². The van der Waals surface area contributed by atoms with E-state index in [1.165, 1.54) is 0 Å². The van der Waals surface area contributed by atoms with Crippen molar-refractivity contribution < 1.29 is 4.21 Å². The standard InChI is InChI=1S/C15H23Cl2N3OS/c1-10(12-6-5-11(16)9-13(12)17)20-14(18)19-7-8-22(21)15(2,3)4/h5-6,9-10H,7-8H2,1-4H3,(H3,18,19,20). The second kappa shape index (κ2) is 8.18. The SMILES string of the molecule is CC(NC(N)=NCCS(=O)C(C)(C)C)c1ccc(Cl)cc1Cl. The number of nitrogens with two attached hydrogens (primary N) is 1. The third-order valence-corrected chi connectivity index (χ3v) is 5.52. The molecule has 1 aromatic rings. The fraction of sp³-hybridized carbons (Fsp3) is 0.533. The van der Waals surface area contributed by atoms with E-state index in [1.54, 1.807) is 12.1 Å². The van der Waals surface area contributed by atoms with Crippen LogP contribution in [0.25, 0.3) is 0 Å². The molecule has 124 valence electrons. The minimum atomic E-state index is -0.935. The van der Waals surface area contributed by atoms with Crippen LogP contribution in [0.3, 0.4) is 0 Å². The number of hydrogen-bond donors (Lipinski definition) is 2. The molecule has 22 heavy (non-hydrogen) atoms. The van der Waals surface area contributed by atoms with Crippen molar-refractivity contribution in [2.45, 2.75) is 38.5 Å². The van der Waals surface area contributed by atoms with Crippen LogP contribution >= 0.6 is 23.2 Å². The lowest BCUT2D eigenvalue weighted by Gasteiger charge is -2.18. The molecule has 1 rings (SSSR count). The lowest BCUT2D eigenvalue weighted by molar-refractivity contribution is 0.648. The Hall–Kier alpha value is -0.780. The van der Waals surface area contributed by atoms with Gasteiger partial charge in [0.2, 0.25) is 0 Å². The zero-order valence-electron chi connectivity index (χ0n) is 13.3. The van der Waals surface area contributed by atoms with Crippen molar-refractivity contribution in [3.63, 3.8) is 0 Å². The molecular weight excluding hydrogens is 341 g/mol. The maximum atomic E-state index is 11.9. The molecule has 0 radical (unpaired) electrons. The van der Waals surface area contributed by atoms with Gasteiger partial charge in [0.05, 0.1) is 12.6 Å². The van der Waals surface area contributed by atoms with Gasteiger partial charge >= 0.3 is 0 Å². The number of rotatable bonds is 5. The van der Waals surface area contributed by atoms with Gasteiger partial charge in [0.25, 0.3) is 0 Å². The summed E-state index contributed by atoms with van der Waals surface area (Å²) >= 11 is 12.0. The first-order valence-electron chi connectivity index (χ1n) is 7.01. The molecule has 0 aliphatic carbocycles. The van der Waals surface area contributed by atoms with E-state index in [0.29, 0.717) is 28.3 Å². The fourth-order valence-electron chi connectivity index (χ4n) is 1.75. The summed E-state index contributed by atoms with van der Waals surface area (Å²) in [6, 6.07) is 5.23. The molecule has 2 atom stereocenters. The molecule has 0 aliphatic heterocycles. The van der Waals surface area contributed by atoms with Crippen LogP contribution in [-0.2, 0) is 10.8 Å². The molecule has 0 aromatic heterocycles. The Bertz CT molecular complexity index is 570. The lowest BCUT2D eigenvalue weighted by atomic mass is 10.1. The highest BCUT2D eigenvalue weighted by Crippen LogP contribution is 2.25. The minimum Gasteiger partial charge on any atom is -0.370 e. The van der Waals surface area contributed by atoms with Crippen LogP contribution in [-0.4, -0.2) is 27.2 Å². The van der Waals surface area contributed by atoms with Crippen molar-refractivity contribution in [3.8, 4) is 0 Å². The Balaban J connectivity index is 2.58. The second-order valence-electron chi connectivity index (χ2n) is 5.96. The molecule has 0 saturated carbocycles. The first-order chi connectivity index (χ1) is 10.1. The van der Waals surface area contributed by atoms with Gasteiger partial charge in [-0.3, -0.25) is 9.20 Å². The molecule has 0 fully saturated rings. The van der Waals surface area contributed by atoms with Crippen LogP contribution in [0.5, 0.6) is 0 Å². The number of aliphatic imine (C=N–C) groups is 1. The van der Waals surface area contributed by atoms with E-state index in [9.17, 15) is 4.21 Å². The number of halogens is 2. The van der Waals surface area contributed by atoms with E-state index >= 15 is 0 Å². The Morgan fingerprint density at radius 3 is 2.59 bits per heavy atom. The molecule has 1 aromatic carbocycles. The first kappa shape index (κ1) is 19.3. The van der Waals surface area contributed by atoms with Crippen molar-refractivity contribution in [2.24, 2.45) is 10.7 Å². The van der Waals surface area contributed by atoms with Gasteiger partial charge in [0.15, 0.2) is 5.96 Å². The van der Waals surface area contributed by atoms with E-state index in [2.05, 4.69) is 10.3 Å². The first-order valence-corrected chi connectivity index (χ1v) is 9.08. The Morgan fingerprint density at radius 1 is 1.41 bits per heavy atom. The van der Waals surface area contributed by atoms with Crippen molar-refractivity contribution in [2.75, 3.05) is 12.3 Å². The molecule has 0 spiro atoms. The second-order valence-corrected chi connectivity index (χ2v) is 9.13. The minimum absolute atomic E-state index is 0.0957. The predicted octanol–water partition coefficient (Wildman–Crippen LogP) is 3.51. The van der Waals surface area contributed by atoms with Gasteiger partial charge in [-0.15, -0.1) is 0 Å². The van der Waals surface area contributed by atoms with Gasteiger partial charge in [-0.05, 0) is 45.4 Å². The average Bonchev–Trinajstić information content (AvgIpc) is 2.36. The largest absolute Gasteiger partial charge is 0.370 e. The number of hydrogen-bond acceptors (Lipinski definition) is 2. The van der Waals surface area contributed by atoms with Crippen LogP contribution in [0.15, 0.2) is 23.2 Å². The van der Waals surface area contributed by atoms with Gasteiger partial charge in [-0.1, -0.05) is 29.3 Å². The maximum absolute atomic E-state index is 11.9. The van der Waals surface area contributed by atoms with Crippen LogP contribution in [0.1, 0.15) is 39.3 Å². The molecule has 0 saturated heterocycles. The third-order valence-electron chi connectivity index (χ3n) is 3.04. The van der Waals surface area contributed by atoms with Crippen LogP contribution in [0, 0.1) is 0 Å². The summed E-state index contributed by atoms with van der Waals surface area (Å²) in [6.45, 7) is 8.19. The van der Waals surface area contributed by atoms with Gasteiger partial charge in [-0.2, -0.15) is 0 Å². The lowest BCUT2D eigenvalue weighted by Crippen LogP contribution is -2.34. The summed E-state index contributed by atoms with van der Waals surface area (Å²) in [5.41, 5.74) is 6.75. The third kappa shape index (κ3) is 6.15. The fourth-order valence-corrected chi connectivity index (χ4v) is 3.19. The maximum Gasteiger partial charge on any atom is 0.189 e. The molecule has 0 bridgehead atoms. The summed E-state index contributed by atoms with van der Waals surface area (Å²) in [5.74, 6) is 0.798. The zero-order chi connectivity index (χ0) is 16.9. The van der Waals surface area contributed by atoms with E-state index in [-0.39, 0.29) is 10.8 Å². The van der Waals surface area contributed by atoms with Crippen molar-refractivity contribution in [1.82, 2.24) is 5.32 Å². The van der Waals surface area contributed by atoms with E-state index in [0.717, 1.165) is 5.56 Å². The van der Waals surface area contributed by atoms with E-state index in [1.807, 2.05) is 33.8 Å². The predicted molar refractivity (Wildman–Crippen MR) is 97.3 cm³/mol. The van der Waals surface area contributed by atoms with Gasteiger partial charge in [0, 0.05) is 31.3 Å². The molecule has 3 N–H and O–H groups in total. The Labute approximate surface area is 144 Å². The van der Waals surface area contributed by atoms with Gasteiger partial charge in [0.1, 0.15) is 0 Å². The Kier molecular flexibility index (Phi) is 7.16. The summed E-state index contributed by atoms with van der Waals surface area (Å²) in [5, 5.41) is 4.24. The normalized spacial score (nSPS) is 15.5. The van der Waals surface area contributed by atoms with Crippen molar-refractivity contribution >= 4 is 40.0 Å². The quantitative estimate of drug-likeness (QED) is 0.621. The topological polar surface area (TPSA) is 67.5 Å². The van der Waals surface area contributed by atoms with Gasteiger partial charge < -0.3 is 11.1 Å². The number of benzene rings is 1. The van der Waals surface area contributed by atoms with Crippen LogP contribution < -0.4 is 11.1 Å². The summed E-state index contributed by atoms with van der Waals surface area (Å²) in [4.78, 5) is 4.21. The van der Waals surface area contributed by atoms with Crippen molar-refractivity contribution in [1.29, 1.82) is 0 Å². The highest BCUT2D eigenvalue weighted by atomic mass is 35.5. The molecule has 0 heterocycles. The number of nitrogens with zero attached hydrogens (tertiary/aromatic N) is 1. The van der Waals surface area contributed by atoms with Gasteiger partial charge in [-0.25, -0.2) is 0 Å². The monoisotopic (exact) mass is 363 g/mol. The van der Waals surface area contributed by atoms with Crippen LogP contribution in [0.2, 0.25) is 10.0 Å². The summed E-state index contributed by atoms with van der Waals surface area (Å²) in [6.07, 6.45) is 0. The van der Waals surface area contributed by atoms with E-state index in [4.69, 9.17) is 28.9 Å². The molecule has 0 amide bonds. The molecular formula is C15H23Cl2N3OS. The Morgan fingerprint density at radius 2 is 2.05 bits per heavy atom. The molecule has 7 heteroatoms. The van der Waals surface area contributed by atoms with E-state index < -0.39 is 10.8 Å².